The molecule has 0 aromatic heterocycles. The Morgan fingerprint density at radius 1 is 1.57 bits per heavy atom. The second kappa shape index (κ2) is 3.55. The molecule has 1 aliphatic rings. The van der Waals surface area contributed by atoms with E-state index in [1.165, 1.54) is 13.2 Å². The highest BCUT2D eigenvalue weighted by molar-refractivity contribution is 5.39. The lowest BCUT2D eigenvalue weighted by atomic mass is 9.98. The second-order valence-corrected chi connectivity index (χ2v) is 3.33. The topological polar surface area (TPSA) is 41.5 Å². The van der Waals surface area contributed by atoms with Crippen LogP contribution in [-0.4, -0.2) is 18.8 Å². The zero-order chi connectivity index (χ0) is 10.1. The Kier molecular flexibility index (Phi) is 2.39. The third kappa shape index (κ3) is 1.47. The number of nitrogens with one attached hydrogen (secondary N) is 1. The average molecular weight is 197 g/mol. The van der Waals surface area contributed by atoms with Gasteiger partial charge in [0.2, 0.25) is 0 Å². The molecule has 0 radical (unpaired) electrons. The zero-order valence-corrected chi connectivity index (χ0v) is 7.88. The Labute approximate surface area is 81.5 Å². The van der Waals surface area contributed by atoms with Gasteiger partial charge in [-0.25, -0.2) is 4.39 Å². The molecule has 3 nitrogen and oxygen atoms in total. The number of rotatable bonds is 1. The Balaban J connectivity index is 2.51. The minimum Gasteiger partial charge on any atom is -0.497 e. The smallest absolute Gasteiger partial charge is 0.133 e. The number of benzene rings is 1. The van der Waals surface area contributed by atoms with E-state index in [0.717, 1.165) is 5.56 Å². The first-order valence-electron chi connectivity index (χ1n) is 4.47. The largest absolute Gasteiger partial charge is 0.497 e. The first-order valence-corrected chi connectivity index (χ1v) is 4.47. The van der Waals surface area contributed by atoms with Crippen LogP contribution in [0.1, 0.15) is 17.2 Å². The summed E-state index contributed by atoms with van der Waals surface area (Å²) in [5.74, 6) is 0.0884. The molecule has 1 aromatic rings. The molecule has 4 heteroatoms. The Bertz CT molecular complexity index is 354. The number of halogens is 1. The predicted molar refractivity (Wildman–Crippen MR) is 49.6 cm³/mol. The number of hydrogen-bond acceptors (Lipinski definition) is 3. The van der Waals surface area contributed by atoms with Gasteiger partial charge in [0, 0.05) is 24.7 Å². The Morgan fingerprint density at radius 2 is 2.36 bits per heavy atom. The van der Waals surface area contributed by atoms with Crippen molar-refractivity contribution >= 4 is 0 Å². The zero-order valence-electron chi connectivity index (χ0n) is 7.88. The minimum absolute atomic E-state index is 0.393. The number of aliphatic hydroxyl groups is 1. The van der Waals surface area contributed by atoms with Crippen LogP contribution in [0.3, 0.4) is 0 Å². The van der Waals surface area contributed by atoms with E-state index in [0.29, 0.717) is 24.4 Å². The monoisotopic (exact) mass is 197 g/mol. The van der Waals surface area contributed by atoms with E-state index in [1.54, 1.807) is 6.07 Å². The van der Waals surface area contributed by atoms with Gasteiger partial charge >= 0.3 is 0 Å². The molecule has 1 atom stereocenters. The third-order valence-corrected chi connectivity index (χ3v) is 2.41. The summed E-state index contributed by atoms with van der Waals surface area (Å²) in [7, 11) is 1.49. The lowest BCUT2D eigenvalue weighted by molar-refractivity contribution is 0.160. The van der Waals surface area contributed by atoms with Crippen molar-refractivity contribution in [3.8, 4) is 5.75 Å². The fraction of sp³-hybridized carbons (Fsp3) is 0.400. The lowest BCUT2D eigenvalue weighted by Crippen LogP contribution is -2.28. The van der Waals surface area contributed by atoms with Crippen LogP contribution < -0.4 is 10.1 Å². The summed E-state index contributed by atoms with van der Waals surface area (Å²) >= 11 is 0. The lowest BCUT2D eigenvalue weighted by Gasteiger charge is -2.23. The maximum atomic E-state index is 13.5. The molecule has 0 saturated heterocycles. The standard InChI is InChI=1S/C10H12FNO2/c1-14-7-2-6-4-12-5-9(13)10(6)8(11)3-7/h2-3,9,12-13H,4-5H2,1H3. The van der Waals surface area contributed by atoms with Crippen LogP contribution >= 0.6 is 0 Å². The highest BCUT2D eigenvalue weighted by Gasteiger charge is 2.22. The first kappa shape index (κ1) is 9.43. The molecule has 1 aromatic carbocycles. The van der Waals surface area contributed by atoms with Crippen LogP contribution in [0.25, 0.3) is 0 Å². The van der Waals surface area contributed by atoms with E-state index in [9.17, 15) is 9.50 Å². The Hall–Kier alpha value is -1.13. The number of aliphatic hydroxyl groups excluding tert-OH is 1. The van der Waals surface area contributed by atoms with Gasteiger partial charge in [-0.15, -0.1) is 0 Å². The van der Waals surface area contributed by atoms with Gasteiger partial charge in [0.05, 0.1) is 13.2 Å². The molecule has 0 saturated carbocycles. The van der Waals surface area contributed by atoms with E-state index in [4.69, 9.17) is 4.74 Å². The number of hydrogen-bond donors (Lipinski definition) is 2. The van der Waals surface area contributed by atoms with Crippen LogP contribution in [0.2, 0.25) is 0 Å². The summed E-state index contributed by atoms with van der Waals surface area (Å²) in [5, 5.41) is 12.6. The van der Waals surface area contributed by atoms with E-state index < -0.39 is 11.9 Å². The van der Waals surface area contributed by atoms with Crippen LogP contribution in [0.15, 0.2) is 12.1 Å². The fourth-order valence-corrected chi connectivity index (χ4v) is 1.73. The number of β-amino-alcohol motifs (C(OH)–C–C–N with tert-alkyl or cyclic N) is 1. The number of fused-ring (bicyclic) bond motifs is 1. The molecule has 2 rings (SSSR count). The summed E-state index contributed by atoms with van der Waals surface area (Å²) in [4.78, 5) is 0. The van der Waals surface area contributed by atoms with Crippen molar-refractivity contribution in [2.75, 3.05) is 13.7 Å². The van der Waals surface area contributed by atoms with Crippen molar-refractivity contribution in [3.05, 3.63) is 29.1 Å². The first-order chi connectivity index (χ1) is 6.72. The normalized spacial score (nSPS) is 20.4. The van der Waals surface area contributed by atoms with Gasteiger partial charge in [0.15, 0.2) is 0 Å². The molecule has 0 bridgehead atoms. The molecule has 1 heterocycles. The van der Waals surface area contributed by atoms with Crippen molar-refractivity contribution in [2.24, 2.45) is 0 Å². The van der Waals surface area contributed by atoms with Crippen LogP contribution in [-0.2, 0) is 6.54 Å². The van der Waals surface area contributed by atoms with Gasteiger partial charge < -0.3 is 15.2 Å². The fourth-order valence-electron chi connectivity index (χ4n) is 1.73. The molecule has 1 unspecified atom stereocenters. The molecule has 1 aliphatic heterocycles. The summed E-state index contributed by atoms with van der Waals surface area (Å²) in [5.41, 5.74) is 1.16. The van der Waals surface area contributed by atoms with Crippen molar-refractivity contribution < 1.29 is 14.2 Å². The molecule has 0 amide bonds. The molecular formula is C10H12FNO2. The Morgan fingerprint density at radius 3 is 3.07 bits per heavy atom. The molecule has 0 spiro atoms. The van der Waals surface area contributed by atoms with Crippen molar-refractivity contribution in [1.82, 2.24) is 5.32 Å². The van der Waals surface area contributed by atoms with Gasteiger partial charge in [0.1, 0.15) is 11.6 Å². The van der Waals surface area contributed by atoms with Crippen molar-refractivity contribution in [3.63, 3.8) is 0 Å². The van der Waals surface area contributed by atoms with Gasteiger partial charge in [-0.2, -0.15) is 0 Å². The molecule has 14 heavy (non-hydrogen) atoms. The highest BCUT2D eigenvalue weighted by Crippen LogP contribution is 2.28. The van der Waals surface area contributed by atoms with Gasteiger partial charge in [-0.1, -0.05) is 0 Å². The quantitative estimate of drug-likeness (QED) is 0.705. The molecule has 0 aliphatic carbocycles. The van der Waals surface area contributed by atoms with Crippen LogP contribution in [0.4, 0.5) is 4.39 Å². The molecule has 2 N–H and O–H groups in total. The summed E-state index contributed by atoms with van der Waals surface area (Å²) in [6.07, 6.45) is -0.760. The second-order valence-electron chi connectivity index (χ2n) is 3.33. The summed E-state index contributed by atoms with van der Waals surface area (Å²) in [6, 6.07) is 3.04. The van der Waals surface area contributed by atoms with Crippen molar-refractivity contribution in [2.45, 2.75) is 12.6 Å². The molecular weight excluding hydrogens is 185 g/mol. The molecule has 0 fully saturated rings. The summed E-state index contributed by atoms with van der Waals surface area (Å²) in [6.45, 7) is 0.969. The van der Waals surface area contributed by atoms with Crippen LogP contribution in [0, 0.1) is 5.82 Å². The van der Waals surface area contributed by atoms with E-state index in [2.05, 4.69) is 5.32 Å². The summed E-state index contributed by atoms with van der Waals surface area (Å²) < 4.78 is 18.4. The van der Waals surface area contributed by atoms with Crippen molar-refractivity contribution in [1.29, 1.82) is 0 Å². The highest BCUT2D eigenvalue weighted by atomic mass is 19.1. The maximum absolute atomic E-state index is 13.5. The van der Waals surface area contributed by atoms with E-state index in [-0.39, 0.29) is 0 Å². The average Bonchev–Trinajstić information content (AvgIpc) is 2.17. The number of methoxy groups -OCH3 is 1. The van der Waals surface area contributed by atoms with Gasteiger partial charge in [-0.05, 0) is 11.6 Å². The van der Waals surface area contributed by atoms with Gasteiger partial charge in [-0.3, -0.25) is 0 Å². The number of ether oxygens (including phenoxy) is 1. The third-order valence-electron chi connectivity index (χ3n) is 2.41. The SMILES string of the molecule is COc1cc(F)c2c(c1)CNCC2O. The maximum Gasteiger partial charge on any atom is 0.133 e. The van der Waals surface area contributed by atoms with E-state index in [1.807, 2.05) is 0 Å². The minimum atomic E-state index is -0.760. The predicted octanol–water partition coefficient (Wildman–Crippen LogP) is 0.971. The molecule has 76 valence electrons. The van der Waals surface area contributed by atoms with Gasteiger partial charge in [0.25, 0.3) is 0 Å². The van der Waals surface area contributed by atoms with E-state index >= 15 is 0 Å². The van der Waals surface area contributed by atoms with Crippen LogP contribution in [0.5, 0.6) is 5.75 Å².